The Morgan fingerprint density at radius 2 is 1.95 bits per heavy atom. The Morgan fingerprint density at radius 1 is 1.24 bits per heavy atom. The van der Waals surface area contributed by atoms with Crippen molar-refractivity contribution in [2.75, 3.05) is 25.9 Å². The van der Waals surface area contributed by atoms with Gasteiger partial charge in [-0.15, -0.1) is 24.0 Å². The van der Waals surface area contributed by atoms with Crippen LogP contribution in [0.4, 0.5) is 0 Å². The van der Waals surface area contributed by atoms with Gasteiger partial charge in [-0.2, -0.15) is 11.8 Å². The van der Waals surface area contributed by atoms with Crippen molar-refractivity contribution in [3.05, 3.63) is 35.4 Å². The summed E-state index contributed by atoms with van der Waals surface area (Å²) >= 11 is 1.96. The monoisotopic (exact) mass is 419 g/mol. The standard InChI is InChI=1S/C16H25N3S.HI/c1-13-3-5-15(6-4-13)12-20-10-9-18-16(17-2)19-11-14-7-8-14;/h3-6,14H,7-12H2,1-2H3,(H2,17,18,19);1H. The number of guanidine groups is 1. The molecule has 1 aromatic carbocycles. The van der Waals surface area contributed by atoms with Crippen molar-refractivity contribution in [1.29, 1.82) is 0 Å². The number of thioether (sulfide) groups is 1. The summed E-state index contributed by atoms with van der Waals surface area (Å²) in [6.45, 7) is 4.15. The zero-order valence-electron chi connectivity index (χ0n) is 12.9. The highest BCUT2D eigenvalue weighted by molar-refractivity contribution is 14.0. The van der Waals surface area contributed by atoms with Crippen molar-refractivity contribution in [2.24, 2.45) is 10.9 Å². The van der Waals surface area contributed by atoms with Gasteiger partial charge >= 0.3 is 0 Å². The van der Waals surface area contributed by atoms with Crippen molar-refractivity contribution in [3.8, 4) is 0 Å². The average Bonchev–Trinajstić information content (AvgIpc) is 3.28. The van der Waals surface area contributed by atoms with E-state index in [9.17, 15) is 0 Å². The summed E-state index contributed by atoms with van der Waals surface area (Å²) in [4.78, 5) is 4.24. The molecule has 0 saturated heterocycles. The Hall–Kier alpha value is -0.430. The van der Waals surface area contributed by atoms with Crippen LogP contribution in [0.15, 0.2) is 29.3 Å². The van der Waals surface area contributed by atoms with Gasteiger partial charge in [0.1, 0.15) is 0 Å². The normalized spacial score (nSPS) is 14.5. The third-order valence-corrected chi connectivity index (χ3v) is 4.44. The first kappa shape index (κ1) is 18.6. The molecule has 1 fully saturated rings. The van der Waals surface area contributed by atoms with E-state index in [4.69, 9.17) is 0 Å². The number of aliphatic imine (C=N–C) groups is 1. The Bertz CT molecular complexity index is 430. The summed E-state index contributed by atoms with van der Waals surface area (Å²) < 4.78 is 0. The van der Waals surface area contributed by atoms with Crippen molar-refractivity contribution < 1.29 is 0 Å². The molecule has 1 aliphatic carbocycles. The zero-order valence-corrected chi connectivity index (χ0v) is 16.0. The number of hydrogen-bond donors (Lipinski definition) is 2. The van der Waals surface area contributed by atoms with E-state index >= 15 is 0 Å². The fraction of sp³-hybridized carbons (Fsp3) is 0.562. The maximum atomic E-state index is 4.24. The second-order valence-electron chi connectivity index (χ2n) is 5.36. The molecule has 0 amide bonds. The third kappa shape index (κ3) is 7.95. The smallest absolute Gasteiger partial charge is 0.191 e. The van der Waals surface area contributed by atoms with Crippen LogP contribution in [0.5, 0.6) is 0 Å². The van der Waals surface area contributed by atoms with Gasteiger partial charge < -0.3 is 10.6 Å². The van der Waals surface area contributed by atoms with Crippen LogP contribution in [-0.2, 0) is 5.75 Å². The predicted molar refractivity (Wildman–Crippen MR) is 105 cm³/mol. The van der Waals surface area contributed by atoms with E-state index in [1.165, 1.54) is 24.0 Å². The van der Waals surface area contributed by atoms with Gasteiger partial charge in [-0.3, -0.25) is 4.99 Å². The van der Waals surface area contributed by atoms with Gasteiger partial charge in [-0.05, 0) is 31.2 Å². The van der Waals surface area contributed by atoms with Gasteiger partial charge in [0.15, 0.2) is 5.96 Å². The molecule has 3 nitrogen and oxygen atoms in total. The highest BCUT2D eigenvalue weighted by Gasteiger charge is 2.20. The molecule has 1 aromatic rings. The van der Waals surface area contributed by atoms with E-state index in [1.807, 2.05) is 18.8 Å². The molecule has 21 heavy (non-hydrogen) atoms. The van der Waals surface area contributed by atoms with Crippen LogP contribution in [0.2, 0.25) is 0 Å². The number of halogens is 1. The van der Waals surface area contributed by atoms with Gasteiger partial charge in [0.25, 0.3) is 0 Å². The lowest BCUT2D eigenvalue weighted by Crippen LogP contribution is -2.39. The number of hydrogen-bond acceptors (Lipinski definition) is 2. The minimum atomic E-state index is 0. The molecule has 0 bridgehead atoms. The molecule has 0 radical (unpaired) electrons. The molecule has 0 atom stereocenters. The molecular weight excluding hydrogens is 393 g/mol. The van der Waals surface area contributed by atoms with Crippen LogP contribution in [0.1, 0.15) is 24.0 Å². The van der Waals surface area contributed by atoms with E-state index < -0.39 is 0 Å². The minimum absolute atomic E-state index is 0. The molecule has 1 saturated carbocycles. The molecule has 5 heteroatoms. The Balaban J connectivity index is 0.00000220. The number of aryl methyl sites for hydroxylation is 1. The van der Waals surface area contributed by atoms with Crippen molar-refractivity contribution in [1.82, 2.24) is 10.6 Å². The average molecular weight is 419 g/mol. The molecular formula is C16H26IN3S. The molecule has 118 valence electrons. The lowest BCUT2D eigenvalue weighted by atomic mass is 10.2. The summed E-state index contributed by atoms with van der Waals surface area (Å²) in [6, 6.07) is 8.79. The van der Waals surface area contributed by atoms with Gasteiger partial charge in [0.2, 0.25) is 0 Å². The molecule has 0 aromatic heterocycles. The molecule has 0 unspecified atom stereocenters. The minimum Gasteiger partial charge on any atom is -0.356 e. The lowest BCUT2D eigenvalue weighted by Gasteiger charge is -2.11. The molecule has 0 heterocycles. The van der Waals surface area contributed by atoms with Gasteiger partial charge in [-0.25, -0.2) is 0 Å². The number of rotatable bonds is 7. The summed E-state index contributed by atoms with van der Waals surface area (Å²) in [5, 5.41) is 6.74. The highest BCUT2D eigenvalue weighted by Crippen LogP contribution is 2.27. The SMILES string of the molecule is CN=C(NCCSCc1ccc(C)cc1)NCC1CC1.I. The van der Waals surface area contributed by atoms with E-state index in [2.05, 4.69) is 46.8 Å². The molecule has 1 aliphatic rings. The first-order chi connectivity index (χ1) is 9.78. The zero-order chi connectivity index (χ0) is 14.2. The third-order valence-electron chi connectivity index (χ3n) is 3.41. The van der Waals surface area contributed by atoms with Crippen LogP contribution in [0, 0.1) is 12.8 Å². The second kappa shape index (κ2) is 10.3. The van der Waals surface area contributed by atoms with E-state index in [1.54, 1.807) is 0 Å². The van der Waals surface area contributed by atoms with Gasteiger partial charge in [-0.1, -0.05) is 29.8 Å². The lowest BCUT2D eigenvalue weighted by molar-refractivity contribution is 0.745. The number of nitrogens with one attached hydrogen (secondary N) is 2. The maximum Gasteiger partial charge on any atom is 0.191 e. The summed E-state index contributed by atoms with van der Waals surface area (Å²) in [5.74, 6) is 3.99. The van der Waals surface area contributed by atoms with Crippen LogP contribution < -0.4 is 10.6 Å². The quantitative estimate of drug-likeness (QED) is 0.308. The van der Waals surface area contributed by atoms with E-state index in [-0.39, 0.29) is 24.0 Å². The Labute approximate surface area is 149 Å². The predicted octanol–water partition coefficient (Wildman–Crippen LogP) is 3.42. The summed E-state index contributed by atoms with van der Waals surface area (Å²) in [5.41, 5.74) is 2.72. The van der Waals surface area contributed by atoms with Crippen molar-refractivity contribution in [2.45, 2.75) is 25.5 Å². The van der Waals surface area contributed by atoms with Crippen LogP contribution in [0.25, 0.3) is 0 Å². The van der Waals surface area contributed by atoms with Crippen LogP contribution >= 0.6 is 35.7 Å². The topological polar surface area (TPSA) is 36.4 Å². The molecule has 0 spiro atoms. The maximum absolute atomic E-state index is 4.24. The largest absolute Gasteiger partial charge is 0.356 e. The summed E-state index contributed by atoms with van der Waals surface area (Å²) in [7, 11) is 1.83. The first-order valence-electron chi connectivity index (χ1n) is 7.35. The second-order valence-corrected chi connectivity index (χ2v) is 6.47. The molecule has 2 rings (SSSR count). The van der Waals surface area contributed by atoms with E-state index in [0.29, 0.717) is 0 Å². The molecule has 0 aliphatic heterocycles. The first-order valence-corrected chi connectivity index (χ1v) is 8.51. The fourth-order valence-corrected chi connectivity index (χ4v) is 2.72. The Morgan fingerprint density at radius 3 is 2.57 bits per heavy atom. The molecule has 2 N–H and O–H groups in total. The highest BCUT2D eigenvalue weighted by atomic mass is 127. The number of benzene rings is 1. The fourth-order valence-electron chi connectivity index (χ4n) is 1.90. The summed E-state index contributed by atoms with van der Waals surface area (Å²) in [6.07, 6.45) is 2.74. The number of nitrogens with zero attached hydrogens (tertiary/aromatic N) is 1. The Kier molecular flexibility index (Phi) is 9.15. The van der Waals surface area contributed by atoms with Gasteiger partial charge in [0.05, 0.1) is 0 Å². The van der Waals surface area contributed by atoms with Crippen molar-refractivity contribution in [3.63, 3.8) is 0 Å². The van der Waals surface area contributed by atoms with E-state index in [0.717, 1.165) is 36.5 Å². The van der Waals surface area contributed by atoms with Crippen LogP contribution in [0.3, 0.4) is 0 Å². The van der Waals surface area contributed by atoms with Crippen molar-refractivity contribution >= 4 is 41.7 Å². The van der Waals surface area contributed by atoms with Crippen LogP contribution in [-0.4, -0.2) is 31.8 Å². The van der Waals surface area contributed by atoms with Gasteiger partial charge in [0, 0.05) is 31.6 Å².